The number of rotatable bonds is 1. The lowest BCUT2D eigenvalue weighted by Crippen LogP contribution is -2.17. The summed E-state index contributed by atoms with van der Waals surface area (Å²) in [6, 6.07) is 10.6. The molecule has 0 aliphatic carbocycles. The Labute approximate surface area is 67.6 Å². The first-order chi connectivity index (χ1) is 5.47. The molecule has 0 bridgehead atoms. The van der Waals surface area contributed by atoms with Crippen LogP contribution in [-0.4, -0.2) is 13.1 Å². The third-order valence-electron chi connectivity index (χ3n) is 2.07. The zero-order valence-corrected chi connectivity index (χ0v) is 6.53. The summed E-state index contributed by atoms with van der Waals surface area (Å²) >= 11 is 0. The minimum atomic E-state index is 1.12. The molecular weight excluding hydrogens is 134 g/mol. The van der Waals surface area contributed by atoms with Crippen molar-refractivity contribution in [3.8, 4) is 0 Å². The van der Waals surface area contributed by atoms with Crippen molar-refractivity contribution in [2.24, 2.45) is 0 Å². The summed E-state index contributed by atoms with van der Waals surface area (Å²) < 4.78 is 0. The van der Waals surface area contributed by atoms with Gasteiger partial charge in [0.1, 0.15) is 0 Å². The van der Waals surface area contributed by atoms with E-state index in [9.17, 15) is 0 Å². The predicted molar refractivity (Wildman–Crippen MR) is 47.6 cm³/mol. The Bertz CT molecular complexity index is 212. The van der Waals surface area contributed by atoms with Crippen LogP contribution in [0.4, 0.5) is 5.69 Å². The number of anilines is 1. The summed E-state index contributed by atoms with van der Waals surface area (Å²) in [6.45, 7) is 2.30. The van der Waals surface area contributed by atoms with Crippen LogP contribution in [0.5, 0.6) is 0 Å². The SMILES string of the molecule is [CH]1CCN(c2ccccc2)C1. The van der Waals surface area contributed by atoms with Crippen LogP contribution in [0, 0.1) is 6.42 Å². The first-order valence-corrected chi connectivity index (χ1v) is 4.08. The molecule has 0 N–H and O–H groups in total. The van der Waals surface area contributed by atoms with E-state index in [1.54, 1.807) is 0 Å². The van der Waals surface area contributed by atoms with Crippen LogP contribution in [-0.2, 0) is 0 Å². The normalized spacial score (nSPS) is 17.3. The van der Waals surface area contributed by atoms with Crippen molar-refractivity contribution < 1.29 is 0 Å². The van der Waals surface area contributed by atoms with Crippen molar-refractivity contribution in [3.05, 3.63) is 36.8 Å². The highest BCUT2D eigenvalue weighted by atomic mass is 15.1. The quantitative estimate of drug-likeness (QED) is 0.586. The lowest BCUT2D eigenvalue weighted by molar-refractivity contribution is 0.968. The molecule has 0 aromatic heterocycles. The Balaban J connectivity index is 2.16. The van der Waals surface area contributed by atoms with Gasteiger partial charge < -0.3 is 4.90 Å². The first kappa shape index (κ1) is 6.71. The molecule has 1 fully saturated rings. The molecule has 11 heavy (non-hydrogen) atoms. The third kappa shape index (κ3) is 1.37. The molecule has 57 valence electrons. The molecule has 1 aromatic carbocycles. The van der Waals surface area contributed by atoms with Crippen LogP contribution in [0.1, 0.15) is 6.42 Å². The first-order valence-electron chi connectivity index (χ1n) is 4.08. The monoisotopic (exact) mass is 146 g/mol. The molecule has 0 unspecified atom stereocenters. The number of hydrogen-bond donors (Lipinski definition) is 0. The van der Waals surface area contributed by atoms with Crippen LogP contribution in [0.3, 0.4) is 0 Å². The standard InChI is InChI=1S/C10H12N/c1-2-6-10(7-3-1)11-8-4-5-9-11/h1-4,6-7H,5,8-9H2. The van der Waals surface area contributed by atoms with Crippen LogP contribution >= 0.6 is 0 Å². The summed E-state index contributed by atoms with van der Waals surface area (Å²) in [4.78, 5) is 2.39. The molecule has 1 heteroatoms. The lowest BCUT2D eigenvalue weighted by atomic mass is 10.3. The molecule has 0 saturated carbocycles. The summed E-state index contributed by atoms with van der Waals surface area (Å²) in [5.41, 5.74) is 1.35. The second-order valence-corrected chi connectivity index (χ2v) is 2.86. The maximum absolute atomic E-state index is 2.39. The van der Waals surface area contributed by atoms with Gasteiger partial charge in [0.2, 0.25) is 0 Å². The predicted octanol–water partition coefficient (Wildman–Crippen LogP) is 2.10. The van der Waals surface area contributed by atoms with Crippen molar-refractivity contribution >= 4 is 5.69 Å². The largest absolute Gasteiger partial charge is 0.371 e. The molecule has 0 atom stereocenters. The fourth-order valence-corrected chi connectivity index (χ4v) is 1.46. The Kier molecular flexibility index (Phi) is 1.80. The zero-order chi connectivity index (χ0) is 7.52. The number of nitrogens with zero attached hydrogens (tertiary/aromatic N) is 1. The van der Waals surface area contributed by atoms with Gasteiger partial charge >= 0.3 is 0 Å². The summed E-state index contributed by atoms with van der Waals surface area (Å²) in [6.07, 6.45) is 3.56. The van der Waals surface area contributed by atoms with Gasteiger partial charge in [-0.05, 0) is 25.0 Å². The summed E-state index contributed by atoms with van der Waals surface area (Å²) in [7, 11) is 0. The van der Waals surface area contributed by atoms with E-state index in [2.05, 4.69) is 41.7 Å². The molecule has 1 radical (unpaired) electrons. The van der Waals surface area contributed by atoms with Gasteiger partial charge in [-0.3, -0.25) is 0 Å². The molecule has 1 saturated heterocycles. The summed E-state index contributed by atoms with van der Waals surface area (Å²) in [5, 5.41) is 0. The van der Waals surface area contributed by atoms with Crippen molar-refractivity contribution in [3.63, 3.8) is 0 Å². The molecule has 0 amide bonds. The lowest BCUT2D eigenvalue weighted by Gasteiger charge is -2.16. The van der Waals surface area contributed by atoms with E-state index in [4.69, 9.17) is 0 Å². The van der Waals surface area contributed by atoms with E-state index in [0.717, 1.165) is 6.54 Å². The maximum Gasteiger partial charge on any atom is 0.0366 e. The van der Waals surface area contributed by atoms with Crippen molar-refractivity contribution in [2.45, 2.75) is 6.42 Å². The highest BCUT2D eigenvalue weighted by Gasteiger charge is 2.10. The van der Waals surface area contributed by atoms with Gasteiger partial charge in [-0.15, -0.1) is 0 Å². The molecular formula is C10H12N. The van der Waals surface area contributed by atoms with E-state index in [0.29, 0.717) is 0 Å². The Morgan fingerprint density at radius 2 is 1.91 bits per heavy atom. The highest BCUT2D eigenvalue weighted by Crippen LogP contribution is 2.17. The molecule has 1 aromatic rings. The van der Waals surface area contributed by atoms with Crippen LogP contribution in [0.25, 0.3) is 0 Å². The molecule has 1 heterocycles. The third-order valence-corrected chi connectivity index (χ3v) is 2.07. The van der Waals surface area contributed by atoms with Gasteiger partial charge in [0.05, 0.1) is 0 Å². The van der Waals surface area contributed by atoms with Gasteiger partial charge in [-0.2, -0.15) is 0 Å². The Morgan fingerprint density at radius 1 is 1.09 bits per heavy atom. The van der Waals surface area contributed by atoms with Crippen molar-refractivity contribution in [1.82, 2.24) is 0 Å². The van der Waals surface area contributed by atoms with Crippen molar-refractivity contribution in [2.75, 3.05) is 18.0 Å². The van der Waals surface area contributed by atoms with E-state index in [1.807, 2.05) is 0 Å². The van der Waals surface area contributed by atoms with E-state index >= 15 is 0 Å². The highest BCUT2D eigenvalue weighted by molar-refractivity contribution is 5.47. The molecule has 2 rings (SSSR count). The van der Waals surface area contributed by atoms with Gasteiger partial charge in [0, 0.05) is 18.8 Å². The Hall–Kier alpha value is -0.980. The van der Waals surface area contributed by atoms with E-state index in [1.165, 1.54) is 18.7 Å². The van der Waals surface area contributed by atoms with Gasteiger partial charge in [0.25, 0.3) is 0 Å². The zero-order valence-electron chi connectivity index (χ0n) is 6.53. The fraction of sp³-hybridized carbons (Fsp3) is 0.300. The van der Waals surface area contributed by atoms with Gasteiger partial charge in [-0.1, -0.05) is 18.2 Å². The van der Waals surface area contributed by atoms with E-state index < -0.39 is 0 Å². The van der Waals surface area contributed by atoms with Gasteiger partial charge in [-0.25, -0.2) is 0 Å². The molecule has 1 aliphatic rings. The number of para-hydroxylation sites is 1. The smallest absolute Gasteiger partial charge is 0.0366 e. The second kappa shape index (κ2) is 2.95. The number of hydrogen-bond acceptors (Lipinski definition) is 1. The van der Waals surface area contributed by atoms with Crippen molar-refractivity contribution in [1.29, 1.82) is 0 Å². The average Bonchev–Trinajstić information content (AvgIpc) is 2.58. The maximum atomic E-state index is 2.39. The second-order valence-electron chi connectivity index (χ2n) is 2.86. The minimum Gasteiger partial charge on any atom is -0.371 e. The topological polar surface area (TPSA) is 3.24 Å². The van der Waals surface area contributed by atoms with Crippen LogP contribution < -0.4 is 4.90 Å². The number of benzene rings is 1. The van der Waals surface area contributed by atoms with E-state index in [-0.39, 0.29) is 0 Å². The minimum absolute atomic E-state index is 1.12. The van der Waals surface area contributed by atoms with Crippen LogP contribution in [0.15, 0.2) is 30.3 Å². The fourth-order valence-electron chi connectivity index (χ4n) is 1.46. The Morgan fingerprint density at radius 3 is 2.55 bits per heavy atom. The molecule has 0 spiro atoms. The molecule has 1 aliphatic heterocycles. The summed E-state index contributed by atoms with van der Waals surface area (Å²) in [5.74, 6) is 0. The average molecular weight is 146 g/mol. The van der Waals surface area contributed by atoms with Gasteiger partial charge in [0.15, 0.2) is 0 Å². The van der Waals surface area contributed by atoms with Crippen LogP contribution in [0.2, 0.25) is 0 Å². The molecule has 1 nitrogen and oxygen atoms in total.